The molecule has 4 N–H and O–H groups in total. The van der Waals surface area contributed by atoms with Gasteiger partial charge in [0.1, 0.15) is 0 Å². The van der Waals surface area contributed by atoms with Crippen molar-refractivity contribution in [3.05, 3.63) is 59.7 Å². The van der Waals surface area contributed by atoms with Crippen LogP contribution in [0.2, 0.25) is 0 Å². The number of primary sulfonamides is 1. The normalized spacial score (nSPS) is 11.3. The van der Waals surface area contributed by atoms with Crippen molar-refractivity contribution in [2.24, 2.45) is 5.14 Å². The summed E-state index contributed by atoms with van der Waals surface area (Å²) in [5, 5.41) is 17.3. The van der Waals surface area contributed by atoms with E-state index in [1.54, 1.807) is 12.1 Å². The topological polar surface area (TPSA) is 92.4 Å². The predicted molar refractivity (Wildman–Crippen MR) is 77.5 cm³/mol. The molecule has 0 bridgehead atoms. The lowest BCUT2D eigenvalue weighted by Gasteiger charge is -2.08. The molecule has 5 nitrogen and oxygen atoms in total. The zero-order valence-corrected chi connectivity index (χ0v) is 11.6. The number of anilines is 1. The van der Waals surface area contributed by atoms with Crippen molar-refractivity contribution in [3.8, 4) is 0 Å². The van der Waals surface area contributed by atoms with Crippen molar-refractivity contribution in [1.82, 2.24) is 0 Å². The summed E-state index contributed by atoms with van der Waals surface area (Å²) in [4.78, 5) is 0.0883. The van der Waals surface area contributed by atoms with Crippen LogP contribution in [0.25, 0.3) is 0 Å². The molecule has 0 atom stereocenters. The standard InChI is InChI=1S/C14H16N2O3S/c15-20(18,19)14-6-4-13(5-7-14)16-9-11-2-1-3-12(8-11)10-17/h1-8,16-17H,9-10H2,(H2,15,18,19). The van der Waals surface area contributed by atoms with Crippen LogP contribution in [0.15, 0.2) is 53.4 Å². The van der Waals surface area contributed by atoms with Crippen LogP contribution in [0.3, 0.4) is 0 Å². The molecular weight excluding hydrogens is 276 g/mol. The number of hydrogen-bond acceptors (Lipinski definition) is 4. The first-order chi connectivity index (χ1) is 9.49. The van der Waals surface area contributed by atoms with E-state index < -0.39 is 10.0 Å². The summed E-state index contributed by atoms with van der Waals surface area (Å²) in [5.74, 6) is 0. The Morgan fingerprint density at radius 3 is 2.30 bits per heavy atom. The van der Waals surface area contributed by atoms with Crippen molar-refractivity contribution in [3.63, 3.8) is 0 Å². The second-order valence-electron chi connectivity index (χ2n) is 4.40. The molecule has 0 unspecified atom stereocenters. The van der Waals surface area contributed by atoms with Gasteiger partial charge in [-0.25, -0.2) is 13.6 Å². The molecule has 0 amide bonds. The third-order valence-electron chi connectivity index (χ3n) is 2.85. The van der Waals surface area contributed by atoms with Crippen LogP contribution in [0.4, 0.5) is 5.69 Å². The number of aliphatic hydroxyl groups excluding tert-OH is 1. The molecule has 0 radical (unpaired) electrons. The van der Waals surface area contributed by atoms with E-state index in [1.807, 2.05) is 24.3 Å². The number of rotatable bonds is 5. The number of nitrogens with one attached hydrogen (secondary N) is 1. The van der Waals surface area contributed by atoms with E-state index in [4.69, 9.17) is 10.2 Å². The number of aliphatic hydroxyl groups is 1. The Morgan fingerprint density at radius 2 is 1.70 bits per heavy atom. The fraction of sp³-hybridized carbons (Fsp3) is 0.143. The molecule has 6 heteroatoms. The SMILES string of the molecule is NS(=O)(=O)c1ccc(NCc2cccc(CO)c2)cc1. The quantitative estimate of drug-likeness (QED) is 0.777. The van der Waals surface area contributed by atoms with Crippen molar-refractivity contribution in [2.75, 3.05) is 5.32 Å². The maximum atomic E-state index is 11.1. The monoisotopic (exact) mass is 292 g/mol. The first-order valence-corrected chi connectivity index (χ1v) is 7.59. The van der Waals surface area contributed by atoms with Gasteiger partial charge in [0.15, 0.2) is 0 Å². The molecule has 0 fully saturated rings. The molecule has 106 valence electrons. The lowest BCUT2D eigenvalue weighted by molar-refractivity contribution is 0.281. The Balaban J connectivity index is 2.04. The molecule has 20 heavy (non-hydrogen) atoms. The minimum Gasteiger partial charge on any atom is -0.392 e. The van der Waals surface area contributed by atoms with Crippen molar-refractivity contribution < 1.29 is 13.5 Å². The Hall–Kier alpha value is -1.89. The summed E-state index contributed by atoms with van der Waals surface area (Å²) in [5.41, 5.74) is 2.69. The lowest BCUT2D eigenvalue weighted by atomic mass is 10.1. The summed E-state index contributed by atoms with van der Waals surface area (Å²) in [6.07, 6.45) is 0. The van der Waals surface area contributed by atoms with Crippen LogP contribution in [-0.2, 0) is 23.2 Å². The fourth-order valence-corrected chi connectivity index (χ4v) is 2.32. The Morgan fingerprint density at radius 1 is 1.05 bits per heavy atom. The third kappa shape index (κ3) is 3.80. The van der Waals surface area contributed by atoms with Gasteiger partial charge in [0.25, 0.3) is 0 Å². The van der Waals surface area contributed by atoms with Crippen molar-refractivity contribution >= 4 is 15.7 Å². The van der Waals surface area contributed by atoms with Gasteiger partial charge < -0.3 is 10.4 Å². The molecule has 0 aliphatic heterocycles. The molecular formula is C14H16N2O3S. The van der Waals surface area contributed by atoms with Crippen LogP contribution in [-0.4, -0.2) is 13.5 Å². The molecule has 2 aromatic carbocycles. The summed E-state index contributed by atoms with van der Waals surface area (Å²) >= 11 is 0. The molecule has 0 saturated carbocycles. The van der Waals surface area contributed by atoms with Crippen LogP contribution in [0.5, 0.6) is 0 Å². The Labute approximate surface area is 118 Å². The zero-order valence-electron chi connectivity index (χ0n) is 10.8. The number of sulfonamides is 1. The third-order valence-corrected chi connectivity index (χ3v) is 3.78. The van der Waals surface area contributed by atoms with Gasteiger partial charge in [0, 0.05) is 12.2 Å². The average molecular weight is 292 g/mol. The zero-order chi connectivity index (χ0) is 14.6. The van der Waals surface area contributed by atoms with Gasteiger partial charge in [0.05, 0.1) is 11.5 Å². The highest BCUT2D eigenvalue weighted by molar-refractivity contribution is 7.89. The molecule has 0 heterocycles. The van der Waals surface area contributed by atoms with Crippen LogP contribution in [0, 0.1) is 0 Å². The molecule has 2 rings (SSSR count). The molecule has 0 aromatic heterocycles. The summed E-state index contributed by atoms with van der Waals surface area (Å²) in [6, 6.07) is 13.8. The molecule has 0 saturated heterocycles. The minimum atomic E-state index is -3.65. The largest absolute Gasteiger partial charge is 0.392 e. The van der Waals surface area contributed by atoms with Gasteiger partial charge in [-0.05, 0) is 35.4 Å². The number of benzene rings is 2. The van der Waals surface area contributed by atoms with Crippen molar-refractivity contribution in [1.29, 1.82) is 0 Å². The average Bonchev–Trinajstić information content (AvgIpc) is 2.45. The van der Waals surface area contributed by atoms with Crippen LogP contribution in [0.1, 0.15) is 11.1 Å². The summed E-state index contributed by atoms with van der Waals surface area (Å²) in [7, 11) is -3.65. The molecule has 0 spiro atoms. The smallest absolute Gasteiger partial charge is 0.238 e. The van der Waals surface area contributed by atoms with E-state index in [2.05, 4.69) is 5.32 Å². The number of hydrogen-bond donors (Lipinski definition) is 3. The second kappa shape index (κ2) is 6.04. The van der Waals surface area contributed by atoms with Crippen LogP contribution < -0.4 is 10.5 Å². The first-order valence-electron chi connectivity index (χ1n) is 6.04. The molecule has 0 aliphatic carbocycles. The van der Waals surface area contributed by atoms with E-state index in [9.17, 15) is 8.42 Å². The van der Waals surface area contributed by atoms with E-state index in [1.165, 1.54) is 12.1 Å². The minimum absolute atomic E-state index is 0.0108. The van der Waals surface area contributed by atoms with Gasteiger partial charge in [-0.15, -0.1) is 0 Å². The Kier molecular flexibility index (Phi) is 4.39. The van der Waals surface area contributed by atoms with E-state index >= 15 is 0 Å². The molecule has 0 aliphatic rings. The van der Waals surface area contributed by atoms with E-state index in [0.717, 1.165) is 16.8 Å². The molecule has 2 aromatic rings. The second-order valence-corrected chi connectivity index (χ2v) is 5.96. The van der Waals surface area contributed by atoms with Gasteiger partial charge in [-0.3, -0.25) is 0 Å². The van der Waals surface area contributed by atoms with Gasteiger partial charge in [0.2, 0.25) is 10.0 Å². The van der Waals surface area contributed by atoms with Gasteiger partial charge in [-0.1, -0.05) is 24.3 Å². The lowest BCUT2D eigenvalue weighted by Crippen LogP contribution is -2.12. The summed E-state index contributed by atoms with van der Waals surface area (Å²) in [6.45, 7) is 0.597. The first kappa shape index (κ1) is 14.5. The highest BCUT2D eigenvalue weighted by Crippen LogP contribution is 2.14. The maximum Gasteiger partial charge on any atom is 0.238 e. The van der Waals surface area contributed by atoms with Crippen LogP contribution >= 0.6 is 0 Å². The maximum absolute atomic E-state index is 11.1. The van der Waals surface area contributed by atoms with E-state index in [0.29, 0.717) is 6.54 Å². The summed E-state index contributed by atoms with van der Waals surface area (Å²) < 4.78 is 22.3. The van der Waals surface area contributed by atoms with Gasteiger partial charge in [-0.2, -0.15) is 0 Å². The van der Waals surface area contributed by atoms with Crippen molar-refractivity contribution in [2.45, 2.75) is 18.0 Å². The Bertz CT molecular complexity index is 682. The number of nitrogens with two attached hydrogens (primary N) is 1. The predicted octanol–water partition coefficient (Wildman–Crippen LogP) is 1.44. The van der Waals surface area contributed by atoms with Gasteiger partial charge >= 0.3 is 0 Å². The van der Waals surface area contributed by atoms with E-state index in [-0.39, 0.29) is 11.5 Å². The highest BCUT2D eigenvalue weighted by Gasteiger charge is 2.06. The highest BCUT2D eigenvalue weighted by atomic mass is 32.2. The fourth-order valence-electron chi connectivity index (χ4n) is 1.80.